The maximum atomic E-state index is 12.2. The molecule has 0 radical (unpaired) electrons. The number of aliphatic carboxylic acids is 1. The SMILES string of the molecule is Cc1ccc(C(=O)NCC2CCC(C(=O)O)CC2)c(C)c1. The fourth-order valence-corrected chi connectivity index (χ4v) is 3.01. The van der Waals surface area contributed by atoms with Crippen LogP contribution in [-0.2, 0) is 4.79 Å². The predicted octanol–water partition coefficient (Wildman–Crippen LogP) is 2.92. The molecule has 21 heavy (non-hydrogen) atoms. The highest BCUT2D eigenvalue weighted by Crippen LogP contribution is 2.28. The average Bonchev–Trinajstić information content (AvgIpc) is 2.45. The highest BCUT2D eigenvalue weighted by molar-refractivity contribution is 5.95. The normalized spacial score (nSPS) is 21.8. The van der Waals surface area contributed by atoms with Crippen LogP contribution in [0.25, 0.3) is 0 Å². The van der Waals surface area contributed by atoms with Crippen LogP contribution in [0.4, 0.5) is 0 Å². The minimum Gasteiger partial charge on any atom is -0.481 e. The van der Waals surface area contributed by atoms with E-state index in [9.17, 15) is 9.59 Å². The summed E-state index contributed by atoms with van der Waals surface area (Å²) in [6.45, 7) is 4.59. The van der Waals surface area contributed by atoms with E-state index in [1.165, 1.54) is 0 Å². The molecule has 0 atom stereocenters. The summed E-state index contributed by atoms with van der Waals surface area (Å²) in [6.07, 6.45) is 3.20. The molecular formula is C17H23NO3. The number of nitrogens with one attached hydrogen (secondary N) is 1. The zero-order valence-corrected chi connectivity index (χ0v) is 12.7. The van der Waals surface area contributed by atoms with Crippen LogP contribution < -0.4 is 5.32 Å². The molecule has 1 aromatic carbocycles. The quantitative estimate of drug-likeness (QED) is 0.895. The van der Waals surface area contributed by atoms with Crippen molar-refractivity contribution in [3.8, 4) is 0 Å². The zero-order chi connectivity index (χ0) is 15.4. The van der Waals surface area contributed by atoms with Gasteiger partial charge in [-0.2, -0.15) is 0 Å². The monoisotopic (exact) mass is 289 g/mol. The Morgan fingerprint density at radius 1 is 1.19 bits per heavy atom. The Hall–Kier alpha value is -1.84. The molecule has 0 unspecified atom stereocenters. The van der Waals surface area contributed by atoms with Gasteiger partial charge in [-0.15, -0.1) is 0 Å². The smallest absolute Gasteiger partial charge is 0.306 e. The summed E-state index contributed by atoms with van der Waals surface area (Å²) in [5.74, 6) is -0.521. The Labute approximate surface area is 125 Å². The van der Waals surface area contributed by atoms with Gasteiger partial charge in [0.25, 0.3) is 5.91 Å². The Kier molecular flexibility index (Phi) is 4.99. The lowest BCUT2D eigenvalue weighted by molar-refractivity contribution is -0.143. The molecule has 1 aromatic rings. The van der Waals surface area contributed by atoms with E-state index in [0.717, 1.165) is 42.4 Å². The molecule has 1 aliphatic carbocycles. The molecule has 114 valence electrons. The first-order valence-corrected chi connectivity index (χ1v) is 7.55. The molecule has 0 aliphatic heterocycles. The molecule has 0 spiro atoms. The van der Waals surface area contributed by atoms with Crippen molar-refractivity contribution in [1.29, 1.82) is 0 Å². The number of amides is 1. The summed E-state index contributed by atoms with van der Waals surface area (Å²) in [6, 6.07) is 5.81. The Balaban J connectivity index is 1.83. The van der Waals surface area contributed by atoms with E-state index < -0.39 is 5.97 Å². The first kappa shape index (κ1) is 15.5. The van der Waals surface area contributed by atoms with E-state index in [-0.39, 0.29) is 11.8 Å². The van der Waals surface area contributed by atoms with Crippen molar-refractivity contribution < 1.29 is 14.7 Å². The van der Waals surface area contributed by atoms with E-state index in [1.54, 1.807) is 0 Å². The minimum absolute atomic E-state index is 0.0344. The molecule has 1 aliphatic rings. The van der Waals surface area contributed by atoms with Crippen molar-refractivity contribution in [1.82, 2.24) is 5.32 Å². The van der Waals surface area contributed by atoms with Crippen LogP contribution in [0.3, 0.4) is 0 Å². The number of carbonyl (C=O) groups excluding carboxylic acids is 1. The molecule has 0 aromatic heterocycles. The third-order valence-electron chi connectivity index (χ3n) is 4.37. The maximum absolute atomic E-state index is 12.2. The van der Waals surface area contributed by atoms with E-state index in [0.29, 0.717) is 12.5 Å². The molecule has 4 heteroatoms. The van der Waals surface area contributed by atoms with Crippen LogP contribution >= 0.6 is 0 Å². The average molecular weight is 289 g/mol. The molecule has 0 bridgehead atoms. The van der Waals surface area contributed by atoms with Gasteiger partial charge in [0.15, 0.2) is 0 Å². The Morgan fingerprint density at radius 3 is 2.43 bits per heavy atom. The molecule has 0 heterocycles. The van der Waals surface area contributed by atoms with Gasteiger partial charge in [-0.25, -0.2) is 0 Å². The van der Waals surface area contributed by atoms with Crippen LogP contribution in [-0.4, -0.2) is 23.5 Å². The van der Waals surface area contributed by atoms with Crippen LogP contribution in [0.15, 0.2) is 18.2 Å². The van der Waals surface area contributed by atoms with E-state index >= 15 is 0 Å². The number of hydrogen-bond donors (Lipinski definition) is 2. The number of carboxylic acid groups (broad SMARTS) is 1. The molecule has 2 N–H and O–H groups in total. The van der Waals surface area contributed by atoms with Gasteiger partial charge < -0.3 is 10.4 Å². The predicted molar refractivity (Wildman–Crippen MR) is 81.3 cm³/mol. The Morgan fingerprint density at radius 2 is 1.86 bits per heavy atom. The van der Waals surface area contributed by atoms with Crippen LogP contribution in [0.5, 0.6) is 0 Å². The van der Waals surface area contributed by atoms with Crippen molar-refractivity contribution in [2.45, 2.75) is 39.5 Å². The van der Waals surface area contributed by atoms with E-state index in [2.05, 4.69) is 5.32 Å². The number of benzene rings is 1. The van der Waals surface area contributed by atoms with Crippen LogP contribution in [0.1, 0.15) is 47.2 Å². The topological polar surface area (TPSA) is 66.4 Å². The summed E-state index contributed by atoms with van der Waals surface area (Å²) in [4.78, 5) is 23.1. The first-order valence-electron chi connectivity index (χ1n) is 7.55. The Bertz CT molecular complexity index is 531. The fourth-order valence-electron chi connectivity index (χ4n) is 3.01. The highest BCUT2D eigenvalue weighted by atomic mass is 16.4. The number of carboxylic acids is 1. The second-order valence-electron chi connectivity index (χ2n) is 6.08. The second kappa shape index (κ2) is 6.74. The summed E-state index contributed by atoms with van der Waals surface area (Å²) in [7, 11) is 0. The molecule has 0 saturated heterocycles. The van der Waals surface area contributed by atoms with Crippen molar-refractivity contribution in [3.63, 3.8) is 0 Å². The van der Waals surface area contributed by atoms with Gasteiger partial charge in [0.1, 0.15) is 0 Å². The highest BCUT2D eigenvalue weighted by Gasteiger charge is 2.26. The second-order valence-corrected chi connectivity index (χ2v) is 6.08. The number of aryl methyl sites for hydroxylation is 2. The number of carbonyl (C=O) groups is 2. The molecule has 1 fully saturated rings. The van der Waals surface area contributed by atoms with Gasteiger partial charge in [0.05, 0.1) is 5.92 Å². The van der Waals surface area contributed by atoms with E-state index in [4.69, 9.17) is 5.11 Å². The van der Waals surface area contributed by atoms with Gasteiger partial charge in [-0.1, -0.05) is 17.7 Å². The van der Waals surface area contributed by atoms with Crippen molar-refractivity contribution in [3.05, 3.63) is 34.9 Å². The lowest BCUT2D eigenvalue weighted by atomic mass is 9.82. The summed E-state index contributed by atoms with van der Waals surface area (Å²) < 4.78 is 0. The van der Waals surface area contributed by atoms with Crippen LogP contribution in [0, 0.1) is 25.7 Å². The van der Waals surface area contributed by atoms with Crippen LogP contribution in [0.2, 0.25) is 0 Å². The van der Waals surface area contributed by atoms with Crippen molar-refractivity contribution in [2.24, 2.45) is 11.8 Å². The summed E-state index contributed by atoms with van der Waals surface area (Å²) in [5.41, 5.74) is 2.86. The van der Waals surface area contributed by atoms with Gasteiger partial charge in [0.2, 0.25) is 0 Å². The van der Waals surface area contributed by atoms with Gasteiger partial charge in [0, 0.05) is 12.1 Å². The maximum Gasteiger partial charge on any atom is 0.306 e. The minimum atomic E-state index is -0.687. The fraction of sp³-hybridized carbons (Fsp3) is 0.529. The number of hydrogen-bond acceptors (Lipinski definition) is 2. The largest absolute Gasteiger partial charge is 0.481 e. The number of rotatable bonds is 4. The summed E-state index contributed by atoms with van der Waals surface area (Å²) >= 11 is 0. The molecule has 1 saturated carbocycles. The lowest BCUT2D eigenvalue weighted by Gasteiger charge is -2.26. The zero-order valence-electron chi connectivity index (χ0n) is 12.7. The van der Waals surface area contributed by atoms with Crippen molar-refractivity contribution in [2.75, 3.05) is 6.54 Å². The lowest BCUT2D eigenvalue weighted by Crippen LogP contribution is -2.32. The van der Waals surface area contributed by atoms with E-state index in [1.807, 2.05) is 32.0 Å². The molecule has 4 nitrogen and oxygen atoms in total. The third kappa shape index (κ3) is 4.06. The van der Waals surface area contributed by atoms with Gasteiger partial charge in [-0.05, 0) is 57.1 Å². The molecular weight excluding hydrogens is 266 g/mol. The van der Waals surface area contributed by atoms with Crippen molar-refractivity contribution >= 4 is 11.9 Å². The molecule has 2 rings (SSSR count). The molecule has 1 amide bonds. The standard InChI is InChI=1S/C17H23NO3/c1-11-3-8-15(12(2)9-11)16(19)18-10-13-4-6-14(7-5-13)17(20)21/h3,8-9,13-14H,4-7,10H2,1-2H3,(H,18,19)(H,20,21). The first-order chi connectivity index (χ1) is 9.97. The van der Waals surface area contributed by atoms with Gasteiger partial charge in [-0.3, -0.25) is 9.59 Å². The summed E-state index contributed by atoms with van der Waals surface area (Å²) in [5, 5.41) is 12.0. The van der Waals surface area contributed by atoms with Gasteiger partial charge >= 0.3 is 5.97 Å². The third-order valence-corrected chi connectivity index (χ3v) is 4.37.